The van der Waals surface area contributed by atoms with E-state index >= 15 is 0 Å². The predicted octanol–water partition coefficient (Wildman–Crippen LogP) is 3.00. The van der Waals surface area contributed by atoms with Gasteiger partial charge in [-0.25, -0.2) is 0 Å². The number of nitrogens with one attached hydrogen (secondary N) is 1. The Morgan fingerprint density at radius 2 is 2.00 bits per heavy atom. The Morgan fingerprint density at radius 1 is 1.31 bits per heavy atom. The van der Waals surface area contributed by atoms with Crippen LogP contribution >= 0.6 is 11.6 Å². The van der Waals surface area contributed by atoms with Crippen molar-refractivity contribution in [2.24, 2.45) is 0 Å². The van der Waals surface area contributed by atoms with Crippen LogP contribution in [0.2, 0.25) is 0 Å². The first kappa shape index (κ1) is 9.87. The van der Waals surface area contributed by atoms with Gasteiger partial charge in [0, 0.05) is 12.1 Å². The summed E-state index contributed by atoms with van der Waals surface area (Å²) in [5.41, 5.74) is 1.03. The van der Waals surface area contributed by atoms with Crippen LogP contribution in [0.4, 0.5) is 0 Å². The minimum atomic E-state index is 0.743. The molecule has 68 valence electrons. The molecule has 0 amide bonds. The molecular formula is C11H12ClN. The van der Waals surface area contributed by atoms with Gasteiger partial charge in [-0.15, -0.1) is 0 Å². The van der Waals surface area contributed by atoms with E-state index in [2.05, 4.69) is 5.32 Å². The maximum Gasteiger partial charge on any atom is 0.0478 e. The molecule has 13 heavy (non-hydrogen) atoms. The smallest absolute Gasteiger partial charge is 0.0478 e. The van der Waals surface area contributed by atoms with Crippen LogP contribution in [-0.2, 0) is 0 Å². The minimum absolute atomic E-state index is 0.743. The van der Waals surface area contributed by atoms with Crippen molar-refractivity contribution < 1.29 is 0 Å². The van der Waals surface area contributed by atoms with E-state index in [1.54, 1.807) is 0 Å². The third-order valence-electron chi connectivity index (χ3n) is 1.56. The quantitative estimate of drug-likeness (QED) is 0.728. The van der Waals surface area contributed by atoms with Crippen LogP contribution in [0.15, 0.2) is 48.7 Å². The molecule has 0 spiro atoms. The normalized spacial score (nSPS) is 12.0. The minimum Gasteiger partial charge on any atom is -0.394 e. The maximum absolute atomic E-state index is 6.02. The van der Waals surface area contributed by atoms with Crippen LogP contribution in [0.5, 0.6) is 0 Å². The fourth-order valence-electron chi connectivity index (χ4n) is 0.922. The van der Waals surface area contributed by atoms with Crippen molar-refractivity contribution in [3.05, 3.63) is 54.2 Å². The third-order valence-corrected chi connectivity index (χ3v) is 1.90. The van der Waals surface area contributed by atoms with Crippen molar-refractivity contribution in [1.82, 2.24) is 5.32 Å². The number of hydrogen-bond donors (Lipinski definition) is 1. The van der Waals surface area contributed by atoms with Crippen molar-refractivity contribution in [3.63, 3.8) is 0 Å². The molecule has 0 bridgehead atoms. The molecular weight excluding hydrogens is 182 g/mol. The molecule has 0 aliphatic carbocycles. The van der Waals surface area contributed by atoms with E-state index in [0.29, 0.717) is 0 Å². The van der Waals surface area contributed by atoms with Crippen molar-refractivity contribution >= 4 is 16.6 Å². The molecule has 1 rings (SSSR count). The monoisotopic (exact) mass is 193 g/mol. The second kappa shape index (κ2) is 5.44. The molecule has 0 saturated carbocycles. The first-order valence-electron chi connectivity index (χ1n) is 4.09. The van der Waals surface area contributed by atoms with Crippen LogP contribution in [0.1, 0.15) is 5.56 Å². The second-order valence-corrected chi connectivity index (χ2v) is 2.94. The van der Waals surface area contributed by atoms with Crippen molar-refractivity contribution in [2.45, 2.75) is 0 Å². The molecule has 0 aliphatic heterocycles. The lowest BCUT2D eigenvalue weighted by Crippen LogP contribution is -1.89. The summed E-state index contributed by atoms with van der Waals surface area (Å²) in [6.45, 7) is 0. The standard InChI is InChI=1S/C11H12ClN/c1-13-9-5-8-11(12)10-6-3-2-4-7-10/h2-9,13H,1H3/b9-5+,11-8-. The number of rotatable bonds is 3. The molecule has 0 atom stereocenters. The lowest BCUT2D eigenvalue weighted by Gasteiger charge is -1.95. The molecule has 0 aliphatic rings. The van der Waals surface area contributed by atoms with Gasteiger partial charge in [-0.2, -0.15) is 0 Å². The van der Waals surface area contributed by atoms with Gasteiger partial charge in [0.1, 0.15) is 0 Å². The summed E-state index contributed by atoms with van der Waals surface area (Å²) < 4.78 is 0. The van der Waals surface area contributed by atoms with Crippen molar-refractivity contribution in [2.75, 3.05) is 7.05 Å². The summed E-state index contributed by atoms with van der Waals surface area (Å²) >= 11 is 6.02. The van der Waals surface area contributed by atoms with E-state index in [9.17, 15) is 0 Å². The molecule has 1 aromatic rings. The van der Waals surface area contributed by atoms with Gasteiger partial charge >= 0.3 is 0 Å². The van der Waals surface area contributed by atoms with Crippen LogP contribution in [0.3, 0.4) is 0 Å². The van der Waals surface area contributed by atoms with Gasteiger partial charge in [0.15, 0.2) is 0 Å². The molecule has 0 heterocycles. The molecule has 0 saturated heterocycles. The van der Waals surface area contributed by atoms with Crippen molar-refractivity contribution in [1.29, 1.82) is 0 Å². The highest BCUT2D eigenvalue weighted by Gasteiger charge is 1.92. The Kier molecular flexibility index (Phi) is 4.13. The Morgan fingerprint density at radius 3 is 2.62 bits per heavy atom. The van der Waals surface area contributed by atoms with E-state index in [4.69, 9.17) is 11.6 Å². The van der Waals surface area contributed by atoms with Gasteiger partial charge in [-0.05, 0) is 23.9 Å². The summed E-state index contributed by atoms with van der Waals surface area (Å²) in [5.74, 6) is 0. The van der Waals surface area contributed by atoms with Crippen molar-refractivity contribution in [3.8, 4) is 0 Å². The zero-order valence-electron chi connectivity index (χ0n) is 7.50. The van der Waals surface area contributed by atoms with Gasteiger partial charge in [0.25, 0.3) is 0 Å². The first-order valence-corrected chi connectivity index (χ1v) is 4.47. The zero-order chi connectivity index (χ0) is 9.52. The summed E-state index contributed by atoms with van der Waals surface area (Å²) in [6, 6.07) is 9.86. The lowest BCUT2D eigenvalue weighted by atomic mass is 10.2. The SMILES string of the molecule is CN/C=C/C=C(\Cl)c1ccccc1. The fraction of sp³-hybridized carbons (Fsp3) is 0.0909. The van der Waals surface area contributed by atoms with Crippen LogP contribution < -0.4 is 5.32 Å². The van der Waals surface area contributed by atoms with E-state index < -0.39 is 0 Å². The van der Waals surface area contributed by atoms with E-state index in [1.165, 1.54) is 0 Å². The largest absolute Gasteiger partial charge is 0.394 e. The summed E-state index contributed by atoms with van der Waals surface area (Å²) in [5, 5.41) is 3.63. The van der Waals surface area contributed by atoms with Crippen LogP contribution in [0, 0.1) is 0 Å². The fourth-order valence-corrected chi connectivity index (χ4v) is 1.12. The van der Waals surface area contributed by atoms with Gasteiger partial charge in [-0.1, -0.05) is 41.9 Å². The highest BCUT2D eigenvalue weighted by molar-refractivity contribution is 6.48. The Balaban J connectivity index is 2.73. The molecule has 2 heteroatoms. The second-order valence-electron chi connectivity index (χ2n) is 2.53. The molecule has 1 N–H and O–H groups in total. The highest BCUT2D eigenvalue weighted by atomic mass is 35.5. The number of allylic oxidation sites excluding steroid dienone is 2. The molecule has 0 radical (unpaired) electrons. The number of halogens is 1. The van der Waals surface area contributed by atoms with Crippen LogP contribution in [0.25, 0.3) is 5.03 Å². The van der Waals surface area contributed by atoms with E-state index in [1.807, 2.05) is 55.7 Å². The molecule has 1 nitrogen and oxygen atoms in total. The summed E-state index contributed by atoms with van der Waals surface area (Å²) in [6.07, 6.45) is 5.55. The Hall–Kier alpha value is -1.21. The average molecular weight is 194 g/mol. The number of hydrogen-bond acceptors (Lipinski definition) is 1. The van der Waals surface area contributed by atoms with Crippen LogP contribution in [-0.4, -0.2) is 7.05 Å². The van der Waals surface area contributed by atoms with Gasteiger partial charge in [-0.3, -0.25) is 0 Å². The number of benzene rings is 1. The van der Waals surface area contributed by atoms with Gasteiger partial charge in [0.2, 0.25) is 0 Å². The topological polar surface area (TPSA) is 12.0 Å². The summed E-state index contributed by atoms with van der Waals surface area (Å²) in [7, 11) is 1.85. The van der Waals surface area contributed by atoms with E-state index in [0.717, 1.165) is 10.6 Å². The first-order chi connectivity index (χ1) is 6.34. The highest BCUT2D eigenvalue weighted by Crippen LogP contribution is 2.17. The lowest BCUT2D eigenvalue weighted by molar-refractivity contribution is 1.10. The molecule has 0 aromatic heterocycles. The Labute approximate surface area is 83.7 Å². The van der Waals surface area contributed by atoms with Gasteiger partial charge < -0.3 is 5.32 Å². The maximum atomic E-state index is 6.02. The molecule has 0 unspecified atom stereocenters. The zero-order valence-corrected chi connectivity index (χ0v) is 8.25. The van der Waals surface area contributed by atoms with E-state index in [-0.39, 0.29) is 0 Å². The molecule has 0 fully saturated rings. The average Bonchev–Trinajstić information content (AvgIpc) is 2.19. The Bertz CT molecular complexity index is 301. The third kappa shape index (κ3) is 3.34. The van der Waals surface area contributed by atoms with Gasteiger partial charge in [0.05, 0.1) is 0 Å². The predicted molar refractivity (Wildman–Crippen MR) is 58.5 cm³/mol. The summed E-state index contributed by atoms with van der Waals surface area (Å²) in [4.78, 5) is 0. The molecule has 1 aromatic carbocycles.